The number of carbonyl (C=O) groups excluding carboxylic acids is 1. The fourth-order valence-corrected chi connectivity index (χ4v) is 6.16. The molecular weight excluding hydrogens is 483 g/mol. The number of carboxylic acids is 1. The highest BCUT2D eigenvalue weighted by Crippen LogP contribution is 2.44. The maximum Gasteiger partial charge on any atom is 0.410 e. The lowest BCUT2D eigenvalue weighted by Gasteiger charge is -2.33. The van der Waals surface area contributed by atoms with E-state index in [2.05, 4.69) is 0 Å². The van der Waals surface area contributed by atoms with E-state index >= 15 is 4.39 Å². The van der Waals surface area contributed by atoms with E-state index in [9.17, 15) is 19.5 Å². The van der Waals surface area contributed by atoms with Crippen LogP contribution in [0.2, 0.25) is 0 Å². The molecule has 2 aliphatic rings. The molecule has 0 radical (unpaired) electrons. The lowest BCUT2D eigenvalue weighted by Crippen LogP contribution is -2.37. The maximum absolute atomic E-state index is 15.4. The number of hydrogen-bond acceptors (Lipinski definition) is 5. The summed E-state index contributed by atoms with van der Waals surface area (Å²) < 4.78 is 22.7. The molecule has 1 unspecified atom stereocenters. The SMILES string of the molecule is CN(C(=O)OC(C)(C)C)C1CCCc2sc(-c3cc(F)c4c(=O)c(C(=O)O)cn(C5CC5)c4c3)cc21. The molecule has 1 N–H and O–H groups in total. The molecule has 3 aromatic rings. The van der Waals surface area contributed by atoms with Crippen molar-refractivity contribution >= 4 is 34.3 Å². The fraction of sp³-hybridized carbons (Fsp3) is 0.444. The molecule has 5 rings (SSSR count). The molecule has 0 bridgehead atoms. The number of thiophene rings is 1. The van der Waals surface area contributed by atoms with Crippen molar-refractivity contribution in [3.05, 3.63) is 56.4 Å². The second-order valence-corrected chi connectivity index (χ2v) is 11.8. The first-order valence-corrected chi connectivity index (χ1v) is 13.0. The van der Waals surface area contributed by atoms with Gasteiger partial charge < -0.3 is 19.3 Å². The zero-order valence-corrected chi connectivity index (χ0v) is 21.6. The highest BCUT2D eigenvalue weighted by Gasteiger charge is 2.32. The van der Waals surface area contributed by atoms with Crippen LogP contribution in [0.1, 0.15) is 79.3 Å². The number of hydrogen-bond donors (Lipinski definition) is 1. The summed E-state index contributed by atoms with van der Waals surface area (Å²) in [5.74, 6) is -2.08. The van der Waals surface area contributed by atoms with Crippen molar-refractivity contribution in [3.8, 4) is 10.4 Å². The number of fused-ring (bicyclic) bond motifs is 2. The first kappa shape index (κ1) is 24.5. The lowest BCUT2D eigenvalue weighted by molar-refractivity contribution is 0.0205. The Kier molecular flexibility index (Phi) is 5.94. The Morgan fingerprint density at radius 1 is 1.19 bits per heavy atom. The van der Waals surface area contributed by atoms with Crippen molar-refractivity contribution in [3.63, 3.8) is 0 Å². The Balaban J connectivity index is 1.58. The van der Waals surface area contributed by atoms with Crippen LogP contribution in [0.15, 0.2) is 29.2 Å². The molecule has 1 saturated carbocycles. The summed E-state index contributed by atoms with van der Waals surface area (Å²) >= 11 is 1.57. The predicted octanol–water partition coefficient (Wildman–Crippen LogP) is 6.15. The summed E-state index contributed by atoms with van der Waals surface area (Å²) in [5, 5.41) is 9.28. The Bertz CT molecular complexity index is 1450. The van der Waals surface area contributed by atoms with Gasteiger partial charge in [0, 0.05) is 29.0 Å². The molecule has 2 aliphatic carbocycles. The Morgan fingerprint density at radius 2 is 1.92 bits per heavy atom. The number of aromatic carboxylic acids is 1. The van der Waals surface area contributed by atoms with Crippen LogP contribution >= 0.6 is 11.3 Å². The number of carboxylic acid groups (broad SMARTS) is 1. The van der Waals surface area contributed by atoms with Crippen LogP contribution in [0.25, 0.3) is 21.3 Å². The molecule has 190 valence electrons. The summed E-state index contributed by atoms with van der Waals surface area (Å²) in [5.41, 5.74) is 0.272. The monoisotopic (exact) mass is 512 g/mol. The van der Waals surface area contributed by atoms with Gasteiger partial charge in [-0.25, -0.2) is 14.0 Å². The summed E-state index contributed by atoms with van der Waals surface area (Å²) in [6.45, 7) is 5.51. The molecule has 0 spiro atoms. The van der Waals surface area contributed by atoms with Gasteiger partial charge in [-0.3, -0.25) is 4.79 Å². The fourth-order valence-electron chi connectivity index (χ4n) is 4.91. The van der Waals surface area contributed by atoms with Crippen molar-refractivity contribution < 1.29 is 23.8 Å². The normalized spacial score (nSPS) is 17.6. The van der Waals surface area contributed by atoms with Gasteiger partial charge >= 0.3 is 12.1 Å². The van der Waals surface area contributed by atoms with Crippen molar-refractivity contribution in [1.29, 1.82) is 0 Å². The van der Waals surface area contributed by atoms with E-state index in [0.29, 0.717) is 11.1 Å². The van der Waals surface area contributed by atoms with E-state index in [4.69, 9.17) is 4.74 Å². The second-order valence-electron chi connectivity index (χ2n) is 10.7. The number of halogens is 1. The summed E-state index contributed by atoms with van der Waals surface area (Å²) in [6, 6.07) is 5.03. The zero-order valence-electron chi connectivity index (χ0n) is 20.8. The van der Waals surface area contributed by atoms with Gasteiger partial charge in [-0.1, -0.05) is 0 Å². The number of carbonyl (C=O) groups is 2. The van der Waals surface area contributed by atoms with E-state index in [-0.39, 0.29) is 23.6 Å². The van der Waals surface area contributed by atoms with Gasteiger partial charge in [0.1, 0.15) is 17.0 Å². The van der Waals surface area contributed by atoms with E-state index in [0.717, 1.165) is 47.4 Å². The number of pyridine rings is 1. The van der Waals surface area contributed by atoms with Crippen LogP contribution in [-0.4, -0.2) is 39.3 Å². The number of ether oxygens (including phenoxy) is 1. The van der Waals surface area contributed by atoms with Gasteiger partial charge in [0.05, 0.1) is 16.9 Å². The van der Waals surface area contributed by atoms with Crippen LogP contribution in [0.3, 0.4) is 0 Å². The highest BCUT2D eigenvalue weighted by atomic mass is 32.1. The summed E-state index contributed by atoms with van der Waals surface area (Å²) in [7, 11) is 1.75. The maximum atomic E-state index is 15.4. The third-order valence-corrected chi connectivity index (χ3v) is 8.03. The standard InChI is InChI=1S/C27H29FN2O5S/c1-27(2,3)35-26(34)29(4)19-6-5-7-21-16(19)12-22(36-21)14-10-18(28)23-20(11-14)30(15-8-9-15)13-17(24(23)31)25(32)33/h10-13,15,19H,5-9H2,1-4H3,(H,32,33). The van der Waals surface area contributed by atoms with Crippen molar-refractivity contribution in [2.45, 2.75) is 70.6 Å². The van der Waals surface area contributed by atoms with Crippen molar-refractivity contribution in [1.82, 2.24) is 9.47 Å². The van der Waals surface area contributed by atoms with Crippen LogP contribution in [0.4, 0.5) is 9.18 Å². The van der Waals surface area contributed by atoms with Crippen LogP contribution < -0.4 is 5.43 Å². The van der Waals surface area contributed by atoms with E-state index in [1.54, 1.807) is 33.9 Å². The number of aromatic nitrogens is 1. The quantitative estimate of drug-likeness (QED) is 0.453. The molecule has 1 aromatic carbocycles. The van der Waals surface area contributed by atoms with Gasteiger partial charge in [0.2, 0.25) is 5.43 Å². The van der Waals surface area contributed by atoms with Crippen LogP contribution in [-0.2, 0) is 11.2 Å². The smallest absolute Gasteiger partial charge is 0.410 e. The summed E-state index contributed by atoms with van der Waals surface area (Å²) in [6.07, 6.45) is 5.29. The van der Waals surface area contributed by atoms with Gasteiger partial charge in [0.25, 0.3) is 0 Å². The lowest BCUT2D eigenvalue weighted by atomic mass is 9.92. The zero-order chi connectivity index (χ0) is 25.9. The highest BCUT2D eigenvalue weighted by molar-refractivity contribution is 7.15. The Morgan fingerprint density at radius 3 is 2.56 bits per heavy atom. The molecule has 0 aliphatic heterocycles. The van der Waals surface area contributed by atoms with E-state index < -0.39 is 28.4 Å². The van der Waals surface area contributed by atoms with Gasteiger partial charge in [-0.05, 0) is 82.2 Å². The average Bonchev–Trinajstić information content (AvgIpc) is 3.53. The molecule has 7 nitrogen and oxygen atoms in total. The minimum absolute atomic E-state index is 0.0595. The Labute approximate surface area is 212 Å². The van der Waals surface area contributed by atoms with Gasteiger partial charge in [-0.15, -0.1) is 11.3 Å². The first-order chi connectivity index (χ1) is 16.9. The number of aryl methyl sites for hydroxylation is 1. The van der Waals surface area contributed by atoms with Crippen molar-refractivity contribution in [2.75, 3.05) is 7.05 Å². The van der Waals surface area contributed by atoms with Crippen LogP contribution in [0.5, 0.6) is 0 Å². The summed E-state index contributed by atoms with van der Waals surface area (Å²) in [4.78, 5) is 40.8. The molecule has 1 fully saturated rings. The molecule has 2 heterocycles. The number of benzene rings is 1. The minimum Gasteiger partial charge on any atom is -0.477 e. The van der Waals surface area contributed by atoms with E-state index in [1.165, 1.54) is 12.3 Å². The third-order valence-electron chi connectivity index (χ3n) is 6.77. The van der Waals surface area contributed by atoms with Crippen LogP contribution in [0, 0.1) is 5.82 Å². The number of amides is 1. The first-order valence-electron chi connectivity index (χ1n) is 12.1. The molecule has 2 aromatic heterocycles. The third kappa shape index (κ3) is 4.40. The largest absolute Gasteiger partial charge is 0.477 e. The number of nitrogens with zero attached hydrogens (tertiary/aromatic N) is 2. The average molecular weight is 513 g/mol. The Hall–Kier alpha value is -3.20. The van der Waals surface area contributed by atoms with Gasteiger partial charge in [0.15, 0.2) is 0 Å². The second kappa shape index (κ2) is 8.73. The molecular formula is C27H29FN2O5S. The molecule has 0 saturated heterocycles. The van der Waals surface area contributed by atoms with Crippen molar-refractivity contribution in [2.24, 2.45) is 0 Å². The molecule has 36 heavy (non-hydrogen) atoms. The van der Waals surface area contributed by atoms with Gasteiger partial charge in [-0.2, -0.15) is 0 Å². The molecule has 1 atom stereocenters. The minimum atomic E-state index is -1.36. The van der Waals surface area contributed by atoms with E-state index in [1.807, 2.05) is 26.8 Å². The number of rotatable bonds is 4. The molecule has 9 heteroatoms. The molecule has 1 amide bonds. The predicted molar refractivity (Wildman–Crippen MR) is 136 cm³/mol. The topological polar surface area (TPSA) is 88.8 Å².